The van der Waals surface area contributed by atoms with Crippen LogP contribution >= 0.6 is 12.6 Å². The van der Waals surface area contributed by atoms with Crippen molar-refractivity contribution in [3.05, 3.63) is 0 Å². The van der Waals surface area contributed by atoms with Crippen molar-refractivity contribution in [2.45, 2.75) is 37.8 Å². The summed E-state index contributed by atoms with van der Waals surface area (Å²) >= 11 is 3.87. The number of aliphatic carboxylic acids is 2. The van der Waals surface area contributed by atoms with E-state index in [4.69, 9.17) is 15.9 Å². The second-order valence-electron chi connectivity index (χ2n) is 6.66. The number of nitrogens with one attached hydrogen (secondary N) is 2. The van der Waals surface area contributed by atoms with Crippen LogP contribution in [0, 0.1) is 0 Å². The fraction of sp³-hybridized carbons (Fsp3) is 0.750. The van der Waals surface area contributed by atoms with E-state index >= 15 is 0 Å². The summed E-state index contributed by atoms with van der Waals surface area (Å²) in [6, 6.07) is -2.15. The Balaban J connectivity index is 0. The number of nitrogens with two attached hydrogens (primary N) is 1. The van der Waals surface area contributed by atoms with E-state index in [1.807, 2.05) is 0 Å². The first-order valence-electron chi connectivity index (χ1n) is 9.55. The Bertz CT molecular complexity index is 841. The van der Waals surface area contributed by atoms with Gasteiger partial charge < -0.3 is 26.6 Å². The van der Waals surface area contributed by atoms with Crippen LogP contribution in [0.2, 0.25) is 0 Å². The summed E-state index contributed by atoms with van der Waals surface area (Å²) in [4.78, 5) is 43.7. The van der Waals surface area contributed by atoms with Crippen LogP contribution in [0.25, 0.3) is 0 Å². The van der Waals surface area contributed by atoms with Crippen LogP contribution in [-0.4, -0.2) is 101 Å². The van der Waals surface area contributed by atoms with E-state index in [0.29, 0.717) is 12.8 Å². The molecule has 0 aromatic heterocycles. The second kappa shape index (κ2) is 17.4. The quantitative estimate of drug-likeness (QED) is 0.0659. The van der Waals surface area contributed by atoms with E-state index < -0.39 is 62.6 Å². The molecule has 200 valence electrons. The highest BCUT2D eigenvalue weighted by molar-refractivity contribution is 7.86. The van der Waals surface area contributed by atoms with Crippen molar-refractivity contribution in [2.24, 2.45) is 5.73 Å². The minimum atomic E-state index is -3.40. The zero-order chi connectivity index (χ0) is 26.9. The van der Waals surface area contributed by atoms with Gasteiger partial charge in [-0.25, -0.2) is 0 Å². The van der Waals surface area contributed by atoms with Crippen LogP contribution in [0.5, 0.6) is 0 Å². The number of rotatable bonds is 16. The van der Waals surface area contributed by atoms with Gasteiger partial charge in [-0.3, -0.25) is 27.5 Å². The molecular formula is C16H31N3O12S3. The van der Waals surface area contributed by atoms with Crippen molar-refractivity contribution in [1.29, 1.82) is 0 Å². The lowest BCUT2D eigenvalue weighted by atomic mass is 10.1. The number of hydrogen-bond acceptors (Lipinski definition) is 12. The van der Waals surface area contributed by atoms with Gasteiger partial charge in [0.05, 0.1) is 25.7 Å². The van der Waals surface area contributed by atoms with E-state index in [9.17, 15) is 36.0 Å². The molecule has 2 amide bonds. The van der Waals surface area contributed by atoms with Crippen LogP contribution in [0.3, 0.4) is 0 Å². The standard InChI is InChI=1S/C10H17N3O6S.C6H14O6S2/c11-5(10(18)19)1-2-7(14)13-6(4-20)9(17)12-3-8(15)16;1-13(7,8)11-5-3-4-6-12-14(2,9)10/h5-6,20H,1-4,11H2,(H,12,17)(H,13,14)(H,15,16)(H,18,19);3-6H2,1-2H3/t5-,6-;/m0./s1. The maximum absolute atomic E-state index is 11.5. The third kappa shape index (κ3) is 23.2. The molecule has 0 heterocycles. The molecule has 0 radical (unpaired) electrons. The Morgan fingerprint density at radius 3 is 1.79 bits per heavy atom. The smallest absolute Gasteiger partial charge is 0.322 e. The van der Waals surface area contributed by atoms with E-state index in [1.165, 1.54) is 0 Å². The number of amides is 2. The lowest BCUT2D eigenvalue weighted by molar-refractivity contribution is -0.139. The maximum Gasteiger partial charge on any atom is 0.322 e. The molecule has 15 nitrogen and oxygen atoms in total. The number of carbonyl (C=O) groups excluding carboxylic acids is 2. The molecule has 6 N–H and O–H groups in total. The Morgan fingerprint density at radius 2 is 1.44 bits per heavy atom. The monoisotopic (exact) mass is 553 g/mol. The highest BCUT2D eigenvalue weighted by Crippen LogP contribution is 1.98. The Kier molecular flexibility index (Phi) is 17.5. The predicted octanol–water partition coefficient (Wildman–Crippen LogP) is -2.49. The van der Waals surface area contributed by atoms with Gasteiger partial charge in [0.1, 0.15) is 18.6 Å². The Labute approximate surface area is 203 Å². The molecule has 0 aliphatic rings. The zero-order valence-corrected chi connectivity index (χ0v) is 21.2. The topological polar surface area (TPSA) is 246 Å². The van der Waals surface area contributed by atoms with Gasteiger partial charge in [-0.2, -0.15) is 29.5 Å². The summed E-state index contributed by atoms with van der Waals surface area (Å²) in [5.41, 5.74) is 5.23. The number of unbranched alkanes of at least 4 members (excludes halogenated alkanes) is 1. The Morgan fingerprint density at radius 1 is 0.971 bits per heavy atom. The van der Waals surface area contributed by atoms with E-state index in [2.05, 4.69) is 31.6 Å². The summed E-state index contributed by atoms with van der Waals surface area (Å²) < 4.78 is 50.8. The lowest BCUT2D eigenvalue weighted by Crippen LogP contribution is -2.49. The average molecular weight is 554 g/mol. The third-order valence-electron chi connectivity index (χ3n) is 3.38. The van der Waals surface area contributed by atoms with Gasteiger partial charge in [-0.1, -0.05) is 0 Å². The molecule has 0 aliphatic heterocycles. The summed E-state index contributed by atoms with van der Waals surface area (Å²) in [6.07, 6.45) is 2.55. The molecule has 0 fully saturated rings. The molecule has 0 spiro atoms. The highest BCUT2D eigenvalue weighted by atomic mass is 32.2. The molecule has 0 saturated heterocycles. The van der Waals surface area contributed by atoms with Gasteiger partial charge >= 0.3 is 11.9 Å². The van der Waals surface area contributed by atoms with Crippen LogP contribution in [-0.2, 0) is 47.8 Å². The van der Waals surface area contributed by atoms with E-state index in [0.717, 1.165) is 12.5 Å². The van der Waals surface area contributed by atoms with Crippen molar-refractivity contribution in [1.82, 2.24) is 10.6 Å². The lowest BCUT2D eigenvalue weighted by Gasteiger charge is -2.16. The first-order chi connectivity index (χ1) is 15.5. The van der Waals surface area contributed by atoms with Crippen LogP contribution in [0.4, 0.5) is 0 Å². The molecule has 0 aromatic rings. The molecule has 18 heteroatoms. The Hall–Kier alpha value is -1.99. The van der Waals surface area contributed by atoms with Gasteiger partial charge in [0.2, 0.25) is 11.8 Å². The zero-order valence-electron chi connectivity index (χ0n) is 18.6. The minimum absolute atomic E-state index is 0.0256. The normalized spacial score (nSPS) is 13.1. The fourth-order valence-electron chi connectivity index (χ4n) is 1.78. The molecular weight excluding hydrogens is 522 g/mol. The molecule has 0 rings (SSSR count). The van der Waals surface area contributed by atoms with Crippen molar-refractivity contribution < 1.29 is 54.6 Å². The molecule has 0 aromatic carbocycles. The van der Waals surface area contributed by atoms with Crippen molar-refractivity contribution in [3.8, 4) is 0 Å². The third-order valence-corrected chi connectivity index (χ3v) is 4.94. The maximum atomic E-state index is 11.5. The van der Waals surface area contributed by atoms with Crippen LogP contribution in [0.15, 0.2) is 0 Å². The molecule has 0 bridgehead atoms. The van der Waals surface area contributed by atoms with Gasteiger partial charge in [0.25, 0.3) is 20.2 Å². The molecule has 0 aliphatic carbocycles. The first kappa shape index (κ1) is 34.2. The number of carboxylic acid groups (broad SMARTS) is 2. The predicted molar refractivity (Wildman–Crippen MR) is 122 cm³/mol. The first-order valence-corrected chi connectivity index (χ1v) is 13.8. The average Bonchev–Trinajstić information content (AvgIpc) is 2.69. The minimum Gasteiger partial charge on any atom is -0.480 e. The van der Waals surface area contributed by atoms with Gasteiger partial charge in [-0.05, 0) is 19.3 Å². The highest BCUT2D eigenvalue weighted by Gasteiger charge is 2.21. The van der Waals surface area contributed by atoms with Crippen molar-refractivity contribution in [3.63, 3.8) is 0 Å². The number of carbonyl (C=O) groups is 4. The van der Waals surface area contributed by atoms with Crippen molar-refractivity contribution >= 4 is 56.6 Å². The molecule has 2 atom stereocenters. The number of hydrogen-bond donors (Lipinski definition) is 6. The summed E-state index contributed by atoms with van der Waals surface area (Å²) in [6.45, 7) is -0.471. The van der Waals surface area contributed by atoms with Gasteiger partial charge in [0.15, 0.2) is 0 Å². The van der Waals surface area contributed by atoms with Crippen LogP contribution < -0.4 is 16.4 Å². The van der Waals surface area contributed by atoms with E-state index in [-0.39, 0.29) is 31.8 Å². The molecule has 34 heavy (non-hydrogen) atoms. The van der Waals surface area contributed by atoms with Gasteiger partial charge in [0, 0.05) is 12.2 Å². The number of thiol groups is 1. The van der Waals surface area contributed by atoms with Crippen LogP contribution in [0.1, 0.15) is 25.7 Å². The SMILES string of the molecule is CS(=O)(=O)OCCCCOS(C)(=O)=O.N[C@@H](CCC(=O)N[C@@H](CS)C(=O)NCC(=O)O)C(=O)O. The van der Waals surface area contributed by atoms with Gasteiger partial charge in [-0.15, -0.1) is 0 Å². The van der Waals surface area contributed by atoms with Crippen molar-refractivity contribution in [2.75, 3.05) is 38.0 Å². The summed E-state index contributed by atoms with van der Waals surface area (Å²) in [5, 5.41) is 21.4. The number of carboxylic acids is 2. The largest absolute Gasteiger partial charge is 0.480 e. The molecule has 0 saturated carbocycles. The summed E-state index contributed by atoms with van der Waals surface area (Å²) in [7, 11) is -6.80. The van der Waals surface area contributed by atoms with E-state index in [1.54, 1.807) is 0 Å². The fourth-order valence-corrected chi connectivity index (χ4v) is 2.88. The second-order valence-corrected chi connectivity index (χ2v) is 10.3. The molecule has 0 unspecified atom stereocenters. The summed E-state index contributed by atoms with van der Waals surface area (Å²) in [5.74, 6) is -3.70.